The number of carbonyl (C=O) groups excluding carboxylic acids is 3. The Balaban J connectivity index is 0.000000214. The third-order valence-electron chi connectivity index (χ3n) is 12.9. The zero-order valence-electron chi connectivity index (χ0n) is 46.0. The van der Waals surface area contributed by atoms with E-state index in [1.807, 2.05) is 83.2 Å². The van der Waals surface area contributed by atoms with Crippen LogP contribution in [0, 0.1) is 34.3 Å². The van der Waals surface area contributed by atoms with Crippen LogP contribution in [0.2, 0.25) is 0 Å². The van der Waals surface area contributed by atoms with Crippen LogP contribution in [0.15, 0.2) is 110 Å². The number of amides is 1. The summed E-state index contributed by atoms with van der Waals surface area (Å²) in [6.07, 6.45) is 11.2. The van der Waals surface area contributed by atoms with Gasteiger partial charge < -0.3 is 25.1 Å². The molecule has 0 unspecified atom stereocenters. The topological polar surface area (TPSA) is 270 Å². The Hall–Kier alpha value is -9.86. The van der Waals surface area contributed by atoms with Crippen molar-refractivity contribution >= 4 is 91.7 Å². The summed E-state index contributed by atoms with van der Waals surface area (Å²) in [6.45, 7) is 5.40. The van der Waals surface area contributed by atoms with Crippen molar-refractivity contribution in [2.75, 3.05) is 57.2 Å². The van der Waals surface area contributed by atoms with Crippen LogP contribution >= 0.6 is 35.1 Å². The van der Waals surface area contributed by atoms with Crippen molar-refractivity contribution < 1.29 is 38.8 Å². The van der Waals surface area contributed by atoms with Gasteiger partial charge in [0.15, 0.2) is 21.8 Å². The van der Waals surface area contributed by atoms with Crippen molar-refractivity contribution in [2.45, 2.75) is 34.1 Å². The summed E-state index contributed by atoms with van der Waals surface area (Å²) in [5, 5.41) is 32.5. The number of thiazole rings is 2. The maximum absolute atomic E-state index is 13.5. The number of Topliss-reactive ketones (excluding diaryl/α,β-unsaturated/α-hetero) is 2. The monoisotopic (exact) mass is 1210 g/mol. The molecule has 10 heterocycles. The summed E-state index contributed by atoms with van der Waals surface area (Å²) in [4.78, 5) is 85.9. The molecular formula is C58H52ClF3N16O5S2. The predicted octanol–water partition coefficient (Wildman–Crippen LogP) is 10.0. The van der Waals surface area contributed by atoms with Crippen molar-refractivity contribution in [1.29, 1.82) is 10.5 Å². The number of nitriles is 2. The molecule has 27 heteroatoms. The number of imidazole rings is 2. The zero-order valence-corrected chi connectivity index (χ0v) is 47.4. The summed E-state index contributed by atoms with van der Waals surface area (Å²) in [6, 6.07) is 23.7. The number of nitrogens with zero attached hydrogens (tertiary/aromatic N) is 15. The van der Waals surface area contributed by atoms with Crippen LogP contribution in [0.3, 0.4) is 0 Å². The Labute approximate surface area is 500 Å². The number of pyridine rings is 2. The van der Waals surface area contributed by atoms with Gasteiger partial charge in [-0.1, -0.05) is 43.9 Å². The normalized spacial score (nSPS) is 12.2. The van der Waals surface area contributed by atoms with Crippen LogP contribution in [-0.2, 0) is 22.4 Å². The van der Waals surface area contributed by atoms with Gasteiger partial charge in [-0.15, -0.1) is 12.4 Å². The van der Waals surface area contributed by atoms with Gasteiger partial charge >= 0.3 is 5.97 Å². The lowest BCUT2D eigenvalue weighted by Crippen LogP contribution is -2.50. The first-order valence-electron chi connectivity index (χ1n) is 25.9. The second kappa shape index (κ2) is 27.5. The van der Waals surface area contributed by atoms with Crippen LogP contribution in [-0.4, -0.2) is 130 Å². The molecule has 12 rings (SSSR count). The van der Waals surface area contributed by atoms with Gasteiger partial charge in [-0.3, -0.25) is 27.6 Å². The van der Waals surface area contributed by atoms with Crippen molar-refractivity contribution in [1.82, 2.24) is 58.9 Å². The molecule has 1 amide bonds. The highest BCUT2D eigenvalue weighted by Gasteiger charge is 2.31. The Morgan fingerprint density at radius 2 is 1.02 bits per heavy atom. The maximum Gasteiger partial charge on any atom is 0.373 e. The molecule has 0 spiro atoms. The van der Waals surface area contributed by atoms with E-state index >= 15 is 0 Å². The van der Waals surface area contributed by atoms with E-state index in [1.54, 1.807) is 36.7 Å². The van der Waals surface area contributed by atoms with E-state index < -0.39 is 13.1 Å². The van der Waals surface area contributed by atoms with E-state index in [-0.39, 0.29) is 67.9 Å². The number of aryl methyl sites for hydroxylation is 2. The summed E-state index contributed by atoms with van der Waals surface area (Å²) in [7, 11) is 2.72. The van der Waals surface area contributed by atoms with E-state index in [2.05, 4.69) is 37.4 Å². The van der Waals surface area contributed by atoms with E-state index in [1.165, 1.54) is 64.2 Å². The molecule has 21 nitrogen and oxygen atoms in total. The number of benzene rings is 2. The average molecular weight is 1210 g/mol. The Bertz CT molecular complexity index is 4180. The number of likely N-dealkylation sites (tertiary alicyclic amines) is 1. The van der Waals surface area contributed by atoms with Gasteiger partial charge in [0.1, 0.15) is 67.8 Å². The average Bonchev–Trinajstić information content (AvgIpc) is 2.76. The molecule has 2 saturated heterocycles. The molecular weight excluding hydrogens is 1160 g/mol. The lowest BCUT2D eigenvalue weighted by atomic mass is 10.1. The van der Waals surface area contributed by atoms with Gasteiger partial charge in [-0.05, 0) is 85.6 Å². The third kappa shape index (κ3) is 13.3. The number of carbonyl (C=O) groups is 4. The van der Waals surface area contributed by atoms with Gasteiger partial charge in [0.05, 0.1) is 46.1 Å². The molecule has 0 bridgehead atoms. The summed E-state index contributed by atoms with van der Waals surface area (Å²) in [5.41, 5.74) is 8.38. The summed E-state index contributed by atoms with van der Waals surface area (Å²) in [5.74, 6) is -0.599. The van der Waals surface area contributed by atoms with Crippen molar-refractivity contribution in [3.8, 4) is 56.9 Å². The van der Waals surface area contributed by atoms with Gasteiger partial charge in [0.2, 0.25) is 11.6 Å². The van der Waals surface area contributed by atoms with Gasteiger partial charge in [-0.2, -0.15) is 10.5 Å². The molecule has 0 saturated carbocycles. The lowest BCUT2D eigenvalue weighted by Gasteiger charge is -2.28. The van der Waals surface area contributed by atoms with Crippen LogP contribution in [0.25, 0.3) is 56.1 Å². The van der Waals surface area contributed by atoms with Crippen molar-refractivity contribution in [2.24, 2.45) is 0 Å². The zero-order chi connectivity index (χ0) is 59.8. The Kier molecular flexibility index (Phi) is 19.8. The number of aromatic carboxylic acids is 1. The fourth-order valence-electron chi connectivity index (χ4n) is 8.60. The number of aromatic nitrogens is 10. The highest BCUT2D eigenvalue weighted by atomic mass is 35.5. The van der Waals surface area contributed by atoms with Crippen LogP contribution in [0.4, 0.5) is 35.1 Å². The number of anilines is 4. The number of carboxylic acids is 1. The number of fused-ring (bicyclic) bond motifs is 2. The van der Waals surface area contributed by atoms with E-state index in [4.69, 9.17) is 26.4 Å². The molecule has 434 valence electrons. The minimum atomic E-state index is -1.19. The maximum atomic E-state index is 13.5. The van der Waals surface area contributed by atoms with Crippen LogP contribution in [0.5, 0.6) is 0 Å². The largest absolute Gasteiger partial charge is 0.475 e. The molecule has 8 aromatic heterocycles. The number of carboxylic acid groups (broad SMARTS) is 1. The number of rotatable bonds is 12. The summed E-state index contributed by atoms with van der Waals surface area (Å²) >= 11 is 2.49. The quantitative estimate of drug-likeness (QED) is 0.115. The van der Waals surface area contributed by atoms with Gasteiger partial charge in [0.25, 0.3) is 5.91 Å². The number of halogens is 4. The van der Waals surface area contributed by atoms with E-state index in [0.717, 1.165) is 45.4 Å². The predicted molar refractivity (Wildman–Crippen MR) is 319 cm³/mol. The third-order valence-corrected chi connectivity index (χ3v) is 15.0. The standard InChI is InChI=1S/C28H21FN8O2S.C25H18FN7O2S.C3H5NO.CH3F.CH4.ClH/c1-3-21-26(35(2)28-34-24(22(10-30)40-28)16-4-7-19(29)8-5-16)37-13-17(6-9-23(37)33-21)18-11-31-25(32-12-18)27(39)36-14-20(38)15-36;1-3-18-23(32(2)25-31-21(19(10-27)36-25)14-4-7-17(26)8-5-14)33-13-15(6-9-20(33)30-18)16-11-28-22(24(34)35)29-12-16;5-3-1-4-2-3;1-2;;/h4-9,11-13H,3,14-15H2,1-2H3;4-9,11-13H,3H2,1-2H3,(H,34,35);4H,1-2H2;1H3;1H4;1H/i;;;1D;;. The molecule has 2 aliphatic heterocycles. The molecule has 85 heavy (non-hydrogen) atoms. The number of hydrogen-bond donors (Lipinski definition) is 2. The van der Waals surface area contributed by atoms with Crippen molar-refractivity contribution in [3.05, 3.63) is 154 Å². The van der Waals surface area contributed by atoms with Crippen LogP contribution < -0.4 is 15.1 Å². The first kappa shape index (κ1) is 61.2. The van der Waals surface area contributed by atoms with Gasteiger partial charge in [0, 0.05) is 84.7 Å². The lowest BCUT2D eigenvalue weighted by molar-refractivity contribution is -0.127. The molecule has 2 aliphatic rings. The van der Waals surface area contributed by atoms with Crippen LogP contribution in [0.1, 0.15) is 65.0 Å². The Morgan fingerprint density at radius 1 is 0.647 bits per heavy atom. The SMILES string of the molecule is C.CCc1nc2ccc(-c3cnc(C(=O)N4CC(=O)C4)nc3)cn2c1N(C)c1nc(-c2ccc(F)cc2)c(C#N)s1.CCc1nc2ccc(-c3cnc(C(=O)O)nc3)cn2c1N(C)c1nc(-c2ccc(F)cc2)c(C#N)s1.Cl.O=C1CNC1.[2H]CF. The molecule has 10 aromatic rings. The van der Waals surface area contributed by atoms with Crippen molar-refractivity contribution in [3.63, 3.8) is 0 Å². The van der Waals surface area contributed by atoms with E-state index in [0.29, 0.717) is 85.4 Å². The molecule has 2 fully saturated rings. The smallest absolute Gasteiger partial charge is 0.373 e. The number of hydrogen-bond acceptors (Lipinski definition) is 19. The summed E-state index contributed by atoms with van der Waals surface area (Å²) < 4.78 is 46.3. The highest BCUT2D eigenvalue weighted by Crippen LogP contribution is 2.39. The molecule has 0 aliphatic carbocycles. The highest BCUT2D eigenvalue weighted by molar-refractivity contribution is 7.17. The Morgan fingerprint density at radius 3 is 1.35 bits per heavy atom. The number of ketones is 2. The first-order valence-corrected chi connectivity index (χ1v) is 26.8. The fourth-order valence-corrected chi connectivity index (χ4v) is 10.3. The second-order valence-electron chi connectivity index (χ2n) is 18.2. The fraction of sp³-hybridized carbons (Fsp3) is 0.207. The van der Waals surface area contributed by atoms with E-state index in [9.17, 15) is 42.9 Å². The molecule has 2 aromatic carbocycles. The minimum Gasteiger partial charge on any atom is -0.475 e. The number of alkyl halides is 1. The minimum absolute atomic E-state index is 0. The van der Waals surface area contributed by atoms with Gasteiger partial charge in [-0.25, -0.2) is 53.4 Å². The molecule has 0 atom stereocenters. The number of nitrogens with one attached hydrogen (secondary N) is 1. The molecule has 0 radical (unpaired) electrons. The molecule has 2 N–H and O–H groups in total. The first-order chi connectivity index (χ1) is 40.6. The second-order valence-corrected chi connectivity index (χ2v) is 20.2.